The van der Waals surface area contributed by atoms with Crippen molar-refractivity contribution in [2.45, 2.75) is 0 Å². The molecule has 0 radical (unpaired) electrons. The topological polar surface area (TPSA) is 60.5 Å². The molecule has 0 unspecified atom stereocenters. The van der Waals surface area contributed by atoms with Crippen LogP contribution in [0.4, 0.5) is 5.69 Å². The maximum absolute atomic E-state index is 13.1. The maximum atomic E-state index is 13.1. The highest BCUT2D eigenvalue weighted by Gasteiger charge is 2.27. The van der Waals surface area contributed by atoms with Gasteiger partial charge in [-0.1, -0.05) is 12.1 Å². The molecule has 1 aliphatic heterocycles. The highest BCUT2D eigenvalue weighted by atomic mass is 16.5. The fourth-order valence-electron chi connectivity index (χ4n) is 3.41. The van der Waals surface area contributed by atoms with Crippen LogP contribution in [0.5, 0.6) is 23.0 Å². The van der Waals surface area contributed by atoms with Crippen LogP contribution >= 0.6 is 0 Å². The molecule has 1 fully saturated rings. The number of piperazine rings is 1. The van der Waals surface area contributed by atoms with E-state index in [0.29, 0.717) is 35.9 Å². The van der Waals surface area contributed by atoms with E-state index in [1.54, 1.807) is 33.5 Å². The number of hydrogen-bond donors (Lipinski definition) is 0. The number of ether oxygens (including phenoxy) is 4. The lowest BCUT2D eigenvalue weighted by Gasteiger charge is -2.36. The molecule has 150 valence electrons. The number of carbonyl (C=O) groups is 1. The molecule has 2 aromatic carbocycles. The summed E-state index contributed by atoms with van der Waals surface area (Å²) in [6.07, 6.45) is 0. The molecule has 0 aliphatic carbocycles. The van der Waals surface area contributed by atoms with Gasteiger partial charge < -0.3 is 28.7 Å². The first kappa shape index (κ1) is 19.7. The van der Waals surface area contributed by atoms with Crippen molar-refractivity contribution in [2.75, 3.05) is 59.5 Å². The van der Waals surface area contributed by atoms with Crippen molar-refractivity contribution in [1.29, 1.82) is 0 Å². The summed E-state index contributed by atoms with van der Waals surface area (Å²) in [6.45, 7) is 2.66. The van der Waals surface area contributed by atoms with Crippen molar-refractivity contribution < 1.29 is 23.7 Å². The normalized spacial score (nSPS) is 13.9. The number of benzene rings is 2. The Bertz CT molecular complexity index is 832. The molecule has 2 aromatic rings. The number of amides is 1. The van der Waals surface area contributed by atoms with Gasteiger partial charge in [0, 0.05) is 38.3 Å². The van der Waals surface area contributed by atoms with E-state index in [9.17, 15) is 4.79 Å². The zero-order valence-electron chi connectivity index (χ0n) is 16.7. The third kappa shape index (κ3) is 3.78. The second kappa shape index (κ2) is 8.73. The quantitative estimate of drug-likeness (QED) is 0.761. The van der Waals surface area contributed by atoms with Crippen LogP contribution in [0.3, 0.4) is 0 Å². The van der Waals surface area contributed by atoms with E-state index >= 15 is 0 Å². The van der Waals surface area contributed by atoms with Crippen molar-refractivity contribution in [3.8, 4) is 23.0 Å². The molecule has 0 bridgehead atoms. The van der Waals surface area contributed by atoms with Crippen LogP contribution in [-0.4, -0.2) is 65.4 Å². The highest BCUT2D eigenvalue weighted by molar-refractivity contribution is 5.98. The van der Waals surface area contributed by atoms with Crippen LogP contribution in [-0.2, 0) is 0 Å². The summed E-state index contributed by atoms with van der Waals surface area (Å²) in [5.74, 6) is 2.24. The Labute approximate surface area is 165 Å². The summed E-state index contributed by atoms with van der Waals surface area (Å²) in [5, 5.41) is 0. The monoisotopic (exact) mass is 386 g/mol. The fraction of sp³-hybridized carbons (Fsp3) is 0.381. The van der Waals surface area contributed by atoms with Gasteiger partial charge in [-0.3, -0.25) is 4.79 Å². The summed E-state index contributed by atoms with van der Waals surface area (Å²) in [4.78, 5) is 17.2. The number of methoxy groups -OCH3 is 4. The molecule has 0 N–H and O–H groups in total. The van der Waals surface area contributed by atoms with Crippen LogP contribution in [0.2, 0.25) is 0 Å². The first-order valence-corrected chi connectivity index (χ1v) is 9.10. The Morgan fingerprint density at radius 1 is 0.750 bits per heavy atom. The second-order valence-corrected chi connectivity index (χ2v) is 6.36. The summed E-state index contributed by atoms with van der Waals surface area (Å²) < 4.78 is 21.5. The van der Waals surface area contributed by atoms with E-state index in [2.05, 4.69) is 4.90 Å². The number of rotatable bonds is 6. The van der Waals surface area contributed by atoms with Gasteiger partial charge in [-0.15, -0.1) is 0 Å². The molecular weight excluding hydrogens is 360 g/mol. The number of hydrogen-bond acceptors (Lipinski definition) is 6. The van der Waals surface area contributed by atoms with Crippen molar-refractivity contribution in [1.82, 2.24) is 4.90 Å². The van der Waals surface area contributed by atoms with Crippen LogP contribution in [0.15, 0.2) is 36.4 Å². The molecule has 3 rings (SSSR count). The Balaban J connectivity index is 1.77. The predicted molar refractivity (Wildman–Crippen MR) is 107 cm³/mol. The molecule has 0 aromatic heterocycles. The van der Waals surface area contributed by atoms with Gasteiger partial charge in [0.05, 0.1) is 39.7 Å². The average Bonchev–Trinajstić information content (AvgIpc) is 2.77. The van der Waals surface area contributed by atoms with E-state index in [0.717, 1.165) is 24.5 Å². The molecule has 28 heavy (non-hydrogen) atoms. The number of para-hydroxylation sites is 2. The van der Waals surface area contributed by atoms with Gasteiger partial charge in [0.1, 0.15) is 11.5 Å². The summed E-state index contributed by atoms with van der Waals surface area (Å²) >= 11 is 0. The van der Waals surface area contributed by atoms with Gasteiger partial charge in [-0.2, -0.15) is 0 Å². The number of anilines is 1. The van der Waals surface area contributed by atoms with Crippen molar-refractivity contribution in [3.05, 3.63) is 42.0 Å². The van der Waals surface area contributed by atoms with Gasteiger partial charge in [0.2, 0.25) is 0 Å². The van der Waals surface area contributed by atoms with Crippen molar-refractivity contribution in [2.24, 2.45) is 0 Å². The molecule has 7 nitrogen and oxygen atoms in total. The summed E-state index contributed by atoms with van der Waals surface area (Å²) in [5.41, 5.74) is 1.51. The average molecular weight is 386 g/mol. The number of carbonyl (C=O) groups excluding carboxylic acids is 1. The van der Waals surface area contributed by atoms with Crippen LogP contribution in [0, 0.1) is 0 Å². The second-order valence-electron chi connectivity index (χ2n) is 6.36. The third-order valence-corrected chi connectivity index (χ3v) is 4.93. The SMILES string of the molecule is COc1cc(OC)c(C(=O)N2CCN(c3ccccc3OC)CC2)cc1OC. The molecule has 1 aliphatic rings. The molecule has 0 atom stereocenters. The van der Waals surface area contributed by atoms with Gasteiger partial charge in [-0.25, -0.2) is 0 Å². The minimum Gasteiger partial charge on any atom is -0.496 e. The first-order valence-electron chi connectivity index (χ1n) is 9.10. The minimum absolute atomic E-state index is 0.0857. The molecule has 7 heteroatoms. The Hall–Kier alpha value is -3.09. The van der Waals surface area contributed by atoms with E-state index in [-0.39, 0.29) is 5.91 Å². The van der Waals surface area contributed by atoms with Gasteiger partial charge in [0.15, 0.2) is 11.5 Å². The van der Waals surface area contributed by atoms with E-state index in [1.807, 2.05) is 29.2 Å². The Kier molecular flexibility index (Phi) is 6.13. The van der Waals surface area contributed by atoms with E-state index in [4.69, 9.17) is 18.9 Å². The molecule has 1 heterocycles. The van der Waals surface area contributed by atoms with Crippen molar-refractivity contribution >= 4 is 11.6 Å². The standard InChI is InChI=1S/C21H26N2O5/c1-25-17-8-6-5-7-16(17)22-9-11-23(12-10-22)21(24)15-13-19(27-3)20(28-4)14-18(15)26-2/h5-8,13-14H,9-12H2,1-4H3. The molecule has 1 saturated heterocycles. The lowest BCUT2D eigenvalue weighted by molar-refractivity contribution is 0.0743. The van der Waals surface area contributed by atoms with Crippen LogP contribution in [0.1, 0.15) is 10.4 Å². The van der Waals surface area contributed by atoms with Crippen LogP contribution in [0.25, 0.3) is 0 Å². The third-order valence-electron chi connectivity index (χ3n) is 4.93. The van der Waals surface area contributed by atoms with Gasteiger partial charge >= 0.3 is 0 Å². The van der Waals surface area contributed by atoms with Gasteiger partial charge in [0.25, 0.3) is 5.91 Å². The van der Waals surface area contributed by atoms with E-state index < -0.39 is 0 Å². The zero-order chi connectivity index (χ0) is 20.1. The Morgan fingerprint density at radius 2 is 1.32 bits per heavy atom. The molecule has 1 amide bonds. The van der Waals surface area contributed by atoms with Gasteiger partial charge in [-0.05, 0) is 12.1 Å². The Morgan fingerprint density at radius 3 is 1.93 bits per heavy atom. The van der Waals surface area contributed by atoms with E-state index in [1.165, 1.54) is 7.11 Å². The lowest BCUT2D eigenvalue weighted by Crippen LogP contribution is -2.49. The zero-order valence-corrected chi connectivity index (χ0v) is 16.7. The smallest absolute Gasteiger partial charge is 0.257 e. The maximum Gasteiger partial charge on any atom is 0.257 e. The largest absolute Gasteiger partial charge is 0.496 e. The molecule has 0 saturated carbocycles. The fourth-order valence-corrected chi connectivity index (χ4v) is 3.41. The minimum atomic E-state index is -0.0857. The summed E-state index contributed by atoms with van der Waals surface area (Å²) in [6, 6.07) is 11.3. The lowest BCUT2D eigenvalue weighted by atomic mass is 10.1. The molecule has 0 spiro atoms. The molecular formula is C21H26N2O5. The predicted octanol–water partition coefficient (Wildman–Crippen LogP) is 2.68. The first-order chi connectivity index (χ1) is 13.6. The highest BCUT2D eigenvalue weighted by Crippen LogP contribution is 2.35. The summed E-state index contributed by atoms with van der Waals surface area (Å²) in [7, 11) is 6.31. The van der Waals surface area contributed by atoms with Crippen molar-refractivity contribution in [3.63, 3.8) is 0 Å². The number of nitrogens with zero attached hydrogens (tertiary/aromatic N) is 2. The van der Waals surface area contributed by atoms with Crippen LogP contribution < -0.4 is 23.8 Å².